The minimum absolute atomic E-state index is 0.0279. The smallest absolute Gasteiger partial charge is 0.341 e. The van der Waals surface area contributed by atoms with Crippen LogP contribution in [0, 0.1) is 19.3 Å². The fourth-order valence-electron chi connectivity index (χ4n) is 9.45. The predicted molar refractivity (Wildman–Crippen MR) is 195 cm³/mol. The Kier molecular flexibility index (Phi) is 8.67. The molecule has 1 spiro atoms. The van der Waals surface area contributed by atoms with E-state index in [9.17, 15) is 22.8 Å². The van der Waals surface area contributed by atoms with E-state index in [1.54, 1.807) is 18.9 Å². The average Bonchev–Trinajstić information content (AvgIpc) is 3.54. The number of amides is 2. The fourth-order valence-corrected chi connectivity index (χ4v) is 11.1. The quantitative estimate of drug-likeness (QED) is 0.326. The molecule has 2 saturated heterocycles. The molecule has 8 rings (SSSR count). The number of rotatable bonds is 9. The second-order valence-corrected chi connectivity index (χ2v) is 16.9. The van der Waals surface area contributed by atoms with Crippen LogP contribution in [0.3, 0.4) is 0 Å². The van der Waals surface area contributed by atoms with Crippen molar-refractivity contribution >= 4 is 38.7 Å². The highest BCUT2D eigenvalue weighted by atomic mass is 32.2. The van der Waals surface area contributed by atoms with Crippen molar-refractivity contribution < 1.29 is 31.9 Å². The Labute approximate surface area is 304 Å². The molecule has 2 aliphatic carbocycles. The third-order valence-electron chi connectivity index (χ3n) is 12.3. The Morgan fingerprint density at radius 1 is 1.10 bits per heavy atom. The van der Waals surface area contributed by atoms with Gasteiger partial charge >= 0.3 is 15.8 Å². The van der Waals surface area contributed by atoms with Crippen molar-refractivity contribution in [3.8, 4) is 5.75 Å². The number of carbonyl (C=O) groups excluding carboxylic acids is 2. The molecular formula is C38H47N5O8S. The van der Waals surface area contributed by atoms with Crippen LogP contribution >= 0.6 is 0 Å². The minimum atomic E-state index is -4.04. The molecular weight excluding hydrogens is 687 g/mol. The van der Waals surface area contributed by atoms with E-state index >= 15 is 0 Å². The van der Waals surface area contributed by atoms with Crippen LogP contribution in [0.2, 0.25) is 0 Å². The van der Waals surface area contributed by atoms with Crippen LogP contribution in [-0.4, -0.2) is 106 Å². The second-order valence-electron chi connectivity index (χ2n) is 15.3. The number of aryl methyl sites for hydroxylation is 2. The summed E-state index contributed by atoms with van der Waals surface area (Å²) in [5.74, 6) is -1.01. The van der Waals surface area contributed by atoms with Crippen molar-refractivity contribution in [1.82, 2.24) is 18.8 Å². The van der Waals surface area contributed by atoms with E-state index in [1.165, 1.54) is 22.5 Å². The Hall–Kier alpha value is -3.98. The number of ether oxygens (including phenoxy) is 2. The van der Waals surface area contributed by atoms with Crippen molar-refractivity contribution in [1.29, 1.82) is 0 Å². The number of fused-ring (bicyclic) bond motifs is 4. The molecule has 1 N–H and O–H groups in total. The standard InChI is InChI=1S/C38H47N5O8S/c1-6-50-31-16-24(7-8-28(31)35(44)39-52(47,48)43-25-9-11-38(17-25)18-32(38)43)36(45)42-12-10-27-29(20-42)37(46)51-34-23(3)30(15-22(2)33(27)34)41-14-13-40(4)26(19-41)21-49-5/h7-8,15-16,25-26,32H,6,9-14,17-21H2,1-5H3,(H,39,44)/t25?,26-,32?,38?/m1/s1. The van der Waals surface area contributed by atoms with Crippen LogP contribution in [0.1, 0.15) is 75.6 Å². The van der Waals surface area contributed by atoms with Crippen molar-refractivity contribution in [3.63, 3.8) is 0 Å². The van der Waals surface area contributed by atoms with Crippen LogP contribution < -0.4 is 20.0 Å². The number of anilines is 1. The molecule has 5 aliphatic rings. The number of piperazine rings is 1. The topological polar surface area (TPSA) is 142 Å². The molecule has 0 radical (unpaired) electrons. The van der Waals surface area contributed by atoms with Crippen molar-refractivity contribution in [2.75, 3.05) is 58.5 Å². The molecule has 13 nitrogen and oxygen atoms in total. The molecule has 2 aromatic carbocycles. The second kappa shape index (κ2) is 12.9. The average molecular weight is 734 g/mol. The molecule has 4 fully saturated rings. The lowest BCUT2D eigenvalue weighted by molar-refractivity contribution is 0.0731. The Bertz CT molecular complexity index is 2150. The van der Waals surface area contributed by atoms with Crippen molar-refractivity contribution in [2.24, 2.45) is 5.41 Å². The summed E-state index contributed by atoms with van der Waals surface area (Å²) >= 11 is 0. The number of piperidine rings is 2. The first-order valence-corrected chi connectivity index (χ1v) is 19.7. The van der Waals surface area contributed by atoms with Gasteiger partial charge in [0.25, 0.3) is 11.8 Å². The van der Waals surface area contributed by atoms with Gasteiger partial charge in [-0.1, -0.05) is 0 Å². The zero-order valence-electron chi connectivity index (χ0n) is 30.5. The largest absolute Gasteiger partial charge is 0.493 e. The molecule has 4 heterocycles. The van der Waals surface area contributed by atoms with Gasteiger partial charge in [0, 0.05) is 67.6 Å². The van der Waals surface area contributed by atoms with Gasteiger partial charge in [-0.3, -0.25) is 14.5 Å². The number of benzene rings is 2. The minimum Gasteiger partial charge on any atom is -0.493 e. The molecule has 14 heteroatoms. The van der Waals surface area contributed by atoms with Gasteiger partial charge < -0.3 is 23.7 Å². The maximum atomic E-state index is 13.9. The molecule has 278 valence electrons. The summed E-state index contributed by atoms with van der Waals surface area (Å²) < 4.78 is 47.7. The summed E-state index contributed by atoms with van der Waals surface area (Å²) in [6.07, 6.45) is 4.05. The Morgan fingerprint density at radius 3 is 2.63 bits per heavy atom. The summed E-state index contributed by atoms with van der Waals surface area (Å²) in [5.41, 5.74) is 4.89. The first-order chi connectivity index (χ1) is 24.9. The van der Waals surface area contributed by atoms with Crippen molar-refractivity contribution in [3.05, 3.63) is 68.1 Å². The number of likely N-dealkylation sites (N-methyl/N-ethyl adjacent to an activating group) is 1. The van der Waals surface area contributed by atoms with E-state index in [-0.39, 0.29) is 59.5 Å². The van der Waals surface area contributed by atoms with Crippen LogP contribution in [0.25, 0.3) is 11.0 Å². The molecule has 3 aromatic rings. The van der Waals surface area contributed by atoms with E-state index < -0.39 is 21.7 Å². The summed E-state index contributed by atoms with van der Waals surface area (Å²) in [7, 11) is -0.211. The number of methoxy groups -OCH3 is 1. The number of hydrogen-bond donors (Lipinski definition) is 1. The molecule has 2 bridgehead atoms. The lowest BCUT2D eigenvalue weighted by Crippen LogP contribution is -2.53. The third kappa shape index (κ3) is 5.69. The zero-order valence-corrected chi connectivity index (χ0v) is 31.3. The summed E-state index contributed by atoms with van der Waals surface area (Å²) in [6, 6.07) is 6.75. The van der Waals surface area contributed by atoms with Crippen LogP contribution in [-0.2, 0) is 27.9 Å². The molecule has 2 amide bonds. The highest BCUT2D eigenvalue weighted by Gasteiger charge is 2.70. The summed E-state index contributed by atoms with van der Waals surface area (Å²) in [4.78, 5) is 47.1. The highest BCUT2D eigenvalue weighted by molar-refractivity contribution is 7.87. The first kappa shape index (κ1) is 35.1. The SMILES string of the molecule is CCOc1cc(C(=O)N2CCc3c(c(=O)oc4c(C)c(N5CCN(C)[C@@H](COC)C5)cc(C)c34)C2)ccc1C(=O)NS(=O)(=O)N1C2CCC3(C2)CC13. The van der Waals surface area contributed by atoms with Gasteiger partial charge in [0.05, 0.1) is 36.9 Å². The van der Waals surface area contributed by atoms with Gasteiger partial charge in [-0.25, -0.2) is 9.52 Å². The van der Waals surface area contributed by atoms with E-state index in [4.69, 9.17) is 13.9 Å². The van der Waals surface area contributed by atoms with E-state index in [0.717, 1.165) is 73.1 Å². The number of nitrogens with one attached hydrogen (secondary N) is 1. The first-order valence-electron chi connectivity index (χ1n) is 18.3. The van der Waals surface area contributed by atoms with Crippen LogP contribution in [0.4, 0.5) is 5.69 Å². The van der Waals surface area contributed by atoms with Gasteiger partial charge in [-0.05, 0) is 101 Å². The Morgan fingerprint density at radius 2 is 1.90 bits per heavy atom. The normalized spacial score (nSPS) is 25.7. The Balaban J connectivity index is 1.02. The monoisotopic (exact) mass is 733 g/mol. The van der Waals surface area contributed by atoms with E-state index in [2.05, 4.69) is 27.6 Å². The fraction of sp³-hybridized carbons (Fsp3) is 0.553. The van der Waals surface area contributed by atoms with Gasteiger partial charge in [-0.2, -0.15) is 12.7 Å². The molecule has 3 unspecified atom stereocenters. The maximum Gasteiger partial charge on any atom is 0.341 e. The number of nitrogens with zero attached hydrogens (tertiary/aromatic N) is 4. The summed E-state index contributed by atoms with van der Waals surface area (Å²) in [6.45, 7) is 9.64. The van der Waals surface area contributed by atoms with E-state index in [1.807, 2.05) is 13.8 Å². The van der Waals surface area contributed by atoms with Gasteiger partial charge in [-0.15, -0.1) is 0 Å². The van der Waals surface area contributed by atoms with Crippen LogP contribution in [0.15, 0.2) is 33.5 Å². The molecule has 4 atom stereocenters. The third-order valence-corrected chi connectivity index (χ3v) is 13.8. The number of hydrogen-bond acceptors (Lipinski definition) is 10. The van der Waals surface area contributed by atoms with E-state index in [0.29, 0.717) is 30.7 Å². The lowest BCUT2D eigenvalue weighted by Gasteiger charge is -2.41. The molecule has 2 saturated carbocycles. The maximum absolute atomic E-state index is 13.9. The van der Waals surface area contributed by atoms with Crippen LogP contribution in [0.5, 0.6) is 5.75 Å². The molecule has 52 heavy (non-hydrogen) atoms. The zero-order chi connectivity index (χ0) is 36.7. The van der Waals surface area contributed by atoms with Gasteiger partial charge in [0.15, 0.2) is 0 Å². The summed E-state index contributed by atoms with van der Waals surface area (Å²) in [5, 5.41) is 0.924. The molecule has 3 aliphatic heterocycles. The van der Waals surface area contributed by atoms with Gasteiger partial charge in [0.1, 0.15) is 11.3 Å². The lowest BCUT2D eigenvalue weighted by atomic mass is 9.92. The molecule has 1 aromatic heterocycles. The predicted octanol–water partition coefficient (Wildman–Crippen LogP) is 3.38. The highest BCUT2D eigenvalue weighted by Crippen LogP contribution is 2.68. The van der Waals surface area contributed by atoms with Crippen molar-refractivity contribution in [2.45, 2.75) is 77.5 Å². The number of carbonyl (C=O) groups is 2. The van der Waals surface area contributed by atoms with Gasteiger partial charge in [0.2, 0.25) is 0 Å².